The lowest BCUT2D eigenvalue weighted by atomic mass is 9.95. The van der Waals surface area contributed by atoms with Crippen molar-refractivity contribution < 1.29 is 0 Å². The Balaban J connectivity index is 1.96. The molecule has 2 aliphatic rings. The van der Waals surface area contributed by atoms with Gasteiger partial charge in [0, 0.05) is 13.1 Å². The van der Waals surface area contributed by atoms with Gasteiger partial charge in [0.1, 0.15) is 0 Å². The molecule has 57 valence electrons. The fourth-order valence-electron chi connectivity index (χ4n) is 2.18. The van der Waals surface area contributed by atoms with Crippen LogP contribution in [0.4, 0.5) is 0 Å². The molecule has 1 radical (unpaired) electrons. The molecule has 2 unspecified atom stereocenters. The zero-order chi connectivity index (χ0) is 6.81. The Hall–Kier alpha value is -0.0400. The molecule has 0 spiro atoms. The monoisotopic (exact) mass is 138 g/mol. The zero-order valence-electron chi connectivity index (χ0n) is 6.55. The van der Waals surface area contributed by atoms with Crippen LogP contribution in [0.3, 0.4) is 0 Å². The van der Waals surface area contributed by atoms with Crippen LogP contribution in [0.25, 0.3) is 0 Å². The van der Waals surface area contributed by atoms with Gasteiger partial charge < -0.3 is 4.90 Å². The minimum atomic E-state index is 1.03. The molecule has 2 bridgehead atoms. The molecule has 0 amide bonds. The maximum atomic E-state index is 2.60. The largest absolute Gasteiger partial charge is 0.303 e. The van der Waals surface area contributed by atoms with E-state index in [0.717, 1.165) is 5.92 Å². The van der Waals surface area contributed by atoms with Crippen molar-refractivity contribution in [2.75, 3.05) is 19.6 Å². The fourth-order valence-corrected chi connectivity index (χ4v) is 2.18. The van der Waals surface area contributed by atoms with Crippen LogP contribution in [-0.2, 0) is 0 Å². The highest BCUT2D eigenvalue weighted by Gasteiger charge is 2.21. The molecule has 1 nitrogen and oxygen atoms in total. The van der Waals surface area contributed by atoms with Gasteiger partial charge in [0.05, 0.1) is 0 Å². The summed E-state index contributed by atoms with van der Waals surface area (Å²) in [5, 5.41) is 0. The molecule has 2 atom stereocenters. The van der Waals surface area contributed by atoms with Crippen LogP contribution < -0.4 is 0 Å². The maximum Gasteiger partial charge on any atom is 0.00129 e. The molecule has 1 heteroatoms. The molecule has 0 saturated carbocycles. The quantitative estimate of drug-likeness (QED) is 0.492. The van der Waals surface area contributed by atoms with Gasteiger partial charge in [-0.05, 0) is 44.6 Å². The van der Waals surface area contributed by atoms with Crippen LogP contribution in [0.15, 0.2) is 0 Å². The Kier molecular flexibility index (Phi) is 1.94. The SMILES string of the molecule is [CH]1CCC2CCCN(C1)C2. The second-order valence-corrected chi connectivity index (χ2v) is 3.63. The number of nitrogens with zero attached hydrogens (tertiary/aromatic N) is 1. The van der Waals surface area contributed by atoms with Crippen molar-refractivity contribution in [3.05, 3.63) is 6.42 Å². The Bertz CT molecular complexity index is 99.3. The van der Waals surface area contributed by atoms with Gasteiger partial charge in [0.25, 0.3) is 0 Å². The van der Waals surface area contributed by atoms with E-state index >= 15 is 0 Å². The lowest BCUT2D eigenvalue weighted by Crippen LogP contribution is -2.33. The first-order valence-corrected chi connectivity index (χ1v) is 4.49. The average molecular weight is 138 g/mol. The summed E-state index contributed by atoms with van der Waals surface area (Å²) in [6.07, 6.45) is 8.20. The molecule has 2 aliphatic heterocycles. The molecular weight excluding hydrogens is 122 g/mol. The molecule has 2 saturated heterocycles. The van der Waals surface area contributed by atoms with Gasteiger partial charge in [0.2, 0.25) is 0 Å². The first kappa shape index (κ1) is 6.66. The van der Waals surface area contributed by atoms with Crippen LogP contribution >= 0.6 is 0 Å². The smallest absolute Gasteiger partial charge is 0.00129 e. The van der Waals surface area contributed by atoms with Crippen LogP contribution in [0.1, 0.15) is 25.7 Å². The van der Waals surface area contributed by atoms with Crippen molar-refractivity contribution in [2.24, 2.45) is 5.92 Å². The van der Waals surface area contributed by atoms with E-state index in [1.54, 1.807) is 0 Å². The molecule has 0 aromatic rings. The number of rotatable bonds is 0. The van der Waals surface area contributed by atoms with Gasteiger partial charge in [-0.1, -0.05) is 0 Å². The first-order chi connectivity index (χ1) is 4.95. The third kappa shape index (κ3) is 1.34. The van der Waals surface area contributed by atoms with Crippen molar-refractivity contribution in [1.82, 2.24) is 4.90 Å². The van der Waals surface area contributed by atoms with Crippen molar-refractivity contribution in [3.8, 4) is 0 Å². The van der Waals surface area contributed by atoms with Gasteiger partial charge in [-0.3, -0.25) is 0 Å². The summed E-state index contributed by atoms with van der Waals surface area (Å²) in [7, 11) is 0. The maximum absolute atomic E-state index is 2.60. The predicted octanol–water partition coefficient (Wildman–Crippen LogP) is 1.70. The van der Waals surface area contributed by atoms with Gasteiger partial charge in [0.15, 0.2) is 0 Å². The number of piperidine rings is 1. The molecule has 2 heterocycles. The predicted molar refractivity (Wildman–Crippen MR) is 42.7 cm³/mol. The van der Waals surface area contributed by atoms with Crippen LogP contribution in [0.2, 0.25) is 0 Å². The fraction of sp³-hybridized carbons (Fsp3) is 0.889. The number of hydrogen-bond donors (Lipinski definition) is 0. The van der Waals surface area contributed by atoms with Gasteiger partial charge >= 0.3 is 0 Å². The van der Waals surface area contributed by atoms with E-state index in [1.807, 2.05) is 0 Å². The minimum absolute atomic E-state index is 1.03. The summed E-state index contributed by atoms with van der Waals surface area (Å²) in [5.74, 6) is 1.03. The third-order valence-electron chi connectivity index (χ3n) is 2.77. The molecule has 0 aliphatic carbocycles. The minimum Gasteiger partial charge on any atom is -0.303 e. The highest BCUT2D eigenvalue weighted by Crippen LogP contribution is 2.24. The molecule has 0 N–H and O–H groups in total. The molecule has 10 heavy (non-hydrogen) atoms. The van der Waals surface area contributed by atoms with E-state index in [9.17, 15) is 0 Å². The van der Waals surface area contributed by atoms with Crippen molar-refractivity contribution in [3.63, 3.8) is 0 Å². The normalized spacial score (nSPS) is 40.8. The average Bonchev–Trinajstić information content (AvgIpc) is 2.12. The van der Waals surface area contributed by atoms with Crippen molar-refractivity contribution in [1.29, 1.82) is 0 Å². The Labute approximate surface area is 63.4 Å². The highest BCUT2D eigenvalue weighted by atomic mass is 15.1. The topological polar surface area (TPSA) is 3.24 Å². The van der Waals surface area contributed by atoms with E-state index in [-0.39, 0.29) is 0 Å². The lowest BCUT2D eigenvalue weighted by molar-refractivity contribution is 0.197. The second kappa shape index (κ2) is 2.91. The molecule has 0 aromatic carbocycles. The number of hydrogen-bond acceptors (Lipinski definition) is 1. The highest BCUT2D eigenvalue weighted by molar-refractivity contribution is 4.83. The Morgan fingerprint density at radius 1 is 1.30 bits per heavy atom. The Morgan fingerprint density at radius 2 is 2.30 bits per heavy atom. The molecular formula is C9H16N. The first-order valence-electron chi connectivity index (χ1n) is 4.49. The van der Waals surface area contributed by atoms with E-state index < -0.39 is 0 Å². The van der Waals surface area contributed by atoms with Crippen LogP contribution in [-0.4, -0.2) is 24.5 Å². The summed E-state index contributed by atoms with van der Waals surface area (Å²) >= 11 is 0. The summed E-state index contributed by atoms with van der Waals surface area (Å²) in [6, 6.07) is 0. The molecule has 2 rings (SSSR count). The molecule has 2 fully saturated rings. The summed E-state index contributed by atoms with van der Waals surface area (Å²) < 4.78 is 0. The zero-order valence-corrected chi connectivity index (χ0v) is 6.55. The second-order valence-electron chi connectivity index (χ2n) is 3.63. The summed E-state index contributed by atoms with van der Waals surface area (Å²) in [5.41, 5.74) is 0. The van der Waals surface area contributed by atoms with E-state index in [2.05, 4.69) is 11.3 Å². The van der Waals surface area contributed by atoms with Gasteiger partial charge in [-0.25, -0.2) is 0 Å². The van der Waals surface area contributed by atoms with Crippen LogP contribution in [0.5, 0.6) is 0 Å². The van der Waals surface area contributed by atoms with E-state index in [0.29, 0.717) is 0 Å². The van der Waals surface area contributed by atoms with Gasteiger partial charge in [-0.2, -0.15) is 0 Å². The van der Waals surface area contributed by atoms with Crippen molar-refractivity contribution in [2.45, 2.75) is 25.7 Å². The molecule has 0 aromatic heterocycles. The van der Waals surface area contributed by atoms with Gasteiger partial charge in [-0.15, -0.1) is 0 Å². The van der Waals surface area contributed by atoms with Crippen molar-refractivity contribution >= 4 is 0 Å². The summed E-state index contributed by atoms with van der Waals surface area (Å²) in [4.78, 5) is 2.60. The third-order valence-corrected chi connectivity index (χ3v) is 2.77. The summed E-state index contributed by atoms with van der Waals surface area (Å²) in [6.45, 7) is 4.00. The van der Waals surface area contributed by atoms with Crippen LogP contribution in [0, 0.1) is 12.3 Å². The Morgan fingerprint density at radius 3 is 3.30 bits per heavy atom. The number of fused-ring (bicyclic) bond motifs is 2. The van der Waals surface area contributed by atoms with E-state index in [4.69, 9.17) is 0 Å². The standard InChI is InChI=1S/C9H16N/c1-2-6-10-7-3-5-9(4-1)8-10/h2,9H,1,3-8H2. The lowest BCUT2D eigenvalue weighted by Gasteiger charge is -2.29. The van der Waals surface area contributed by atoms with E-state index in [1.165, 1.54) is 45.3 Å².